The van der Waals surface area contributed by atoms with Gasteiger partial charge in [-0.15, -0.1) is 0 Å². The Hall–Kier alpha value is -6.18. The van der Waals surface area contributed by atoms with Crippen LogP contribution >= 0.6 is 0 Å². The minimum atomic E-state index is 0.219. The minimum absolute atomic E-state index is 0.219. The summed E-state index contributed by atoms with van der Waals surface area (Å²) in [5.74, 6) is 0.219. The molecule has 0 nitrogen and oxygen atoms in total. The van der Waals surface area contributed by atoms with Gasteiger partial charge in [-0.05, 0) is 163 Å². The molecule has 0 fully saturated rings. The van der Waals surface area contributed by atoms with E-state index in [0.29, 0.717) is 0 Å². The fourth-order valence-corrected chi connectivity index (χ4v) is 10.3. The predicted molar refractivity (Wildman–Crippen MR) is 280 cm³/mol. The van der Waals surface area contributed by atoms with Crippen LogP contribution in [0.15, 0.2) is 158 Å². The average molecular weight is 835 g/mol. The third-order valence-corrected chi connectivity index (χ3v) is 13.5. The van der Waals surface area contributed by atoms with Crippen LogP contribution in [0.3, 0.4) is 0 Å². The Morgan fingerprint density at radius 1 is 0.375 bits per heavy atom. The van der Waals surface area contributed by atoms with Crippen LogP contribution in [-0.4, -0.2) is 6.71 Å². The van der Waals surface area contributed by atoms with E-state index in [4.69, 9.17) is 0 Å². The maximum absolute atomic E-state index is 2.41. The van der Waals surface area contributed by atoms with Crippen LogP contribution in [-0.2, 0) is 12.8 Å². The lowest BCUT2D eigenvalue weighted by Gasteiger charge is -2.31. The highest BCUT2D eigenvalue weighted by atomic mass is 14.2. The summed E-state index contributed by atoms with van der Waals surface area (Å²) in [4.78, 5) is 0. The number of hydrogen-bond donors (Lipinski definition) is 0. The largest absolute Gasteiger partial charge is 0.242 e. The summed E-state index contributed by atoms with van der Waals surface area (Å²) in [7, 11) is 0. The third kappa shape index (κ3) is 10.6. The molecule has 8 aromatic carbocycles. The van der Waals surface area contributed by atoms with E-state index in [1.807, 2.05) is 0 Å². The Morgan fingerprint density at radius 2 is 0.766 bits per heavy atom. The Morgan fingerprint density at radius 3 is 1.22 bits per heavy atom. The summed E-state index contributed by atoms with van der Waals surface area (Å²) in [5.41, 5.74) is 30.8. The molecule has 0 saturated heterocycles. The first-order valence-corrected chi connectivity index (χ1v) is 23.2. The SMILES string of the molecule is Cc1cc(C)c(C)c(C)c1.Cc1cc(C)c2c(c1)Cc1cc(C)cc(C)c1B2c1ccc(C(c2ccccc2)c2ccccc2)cc1.Cc1ccc(Cc2c(C)cc(C)cc2C)cc1. The van der Waals surface area contributed by atoms with Crippen molar-refractivity contribution in [3.63, 3.8) is 0 Å². The highest BCUT2D eigenvalue weighted by Crippen LogP contribution is 2.32. The predicted octanol–water partition coefficient (Wildman–Crippen LogP) is 14.0. The van der Waals surface area contributed by atoms with Crippen LogP contribution in [0.4, 0.5) is 0 Å². The van der Waals surface area contributed by atoms with Gasteiger partial charge in [0, 0.05) is 5.92 Å². The zero-order chi connectivity index (χ0) is 45.7. The van der Waals surface area contributed by atoms with Crippen LogP contribution < -0.4 is 16.4 Å². The van der Waals surface area contributed by atoms with Gasteiger partial charge in [0.1, 0.15) is 0 Å². The second kappa shape index (κ2) is 20.1. The highest BCUT2D eigenvalue weighted by Gasteiger charge is 2.33. The van der Waals surface area contributed by atoms with E-state index < -0.39 is 0 Å². The summed E-state index contributed by atoms with van der Waals surface area (Å²) in [6, 6.07) is 58.6. The van der Waals surface area contributed by atoms with Crippen LogP contribution in [0, 0.1) is 83.1 Å². The molecule has 8 aromatic rings. The lowest BCUT2D eigenvalue weighted by atomic mass is 9.32. The first-order valence-electron chi connectivity index (χ1n) is 23.2. The van der Waals surface area contributed by atoms with Crippen LogP contribution in [0.2, 0.25) is 0 Å². The normalized spacial score (nSPS) is 11.5. The molecular formula is C63H67B. The van der Waals surface area contributed by atoms with Crippen LogP contribution in [0.25, 0.3) is 0 Å². The highest BCUT2D eigenvalue weighted by molar-refractivity contribution is 6.97. The minimum Gasteiger partial charge on any atom is -0.0686 e. The van der Waals surface area contributed by atoms with E-state index >= 15 is 0 Å². The van der Waals surface area contributed by atoms with Crippen LogP contribution in [0.1, 0.15) is 112 Å². The molecule has 0 amide bonds. The second-order valence-corrected chi connectivity index (χ2v) is 18.9. The number of benzene rings is 8. The molecule has 0 spiro atoms. The van der Waals surface area contributed by atoms with Crippen molar-refractivity contribution in [1.82, 2.24) is 0 Å². The zero-order valence-corrected chi connectivity index (χ0v) is 40.6. The van der Waals surface area contributed by atoms with Crippen molar-refractivity contribution in [1.29, 1.82) is 0 Å². The third-order valence-electron chi connectivity index (χ3n) is 13.5. The summed E-state index contributed by atoms with van der Waals surface area (Å²) in [6.07, 6.45) is 2.06. The molecule has 1 aliphatic rings. The molecule has 0 aromatic heterocycles. The summed E-state index contributed by atoms with van der Waals surface area (Å²) in [6.45, 7) is 26.7. The van der Waals surface area contributed by atoms with Crippen molar-refractivity contribution in [3.05, 3.63) is 263 Å². The van der Waals surface area contributed by atoms with Crippen molar-refractivity contribution in [2.45, 2.75) is 102 Å². The van der Waals surface area contributed by atoms with Gasteiger partial charge < -0.3 is 0 Å². The Balaban J connectivity index is 0.000000186. The molecule has 322 valence electrons. The first-order chi connectivity index (χ1) is 30.7. The Labute approximate surface area is 386 Å². The van der Waals surface area contributed by atoms with Gasteiger partial charge in [-0.1, -0.05) is 213 Å². The lowest BCUT2D eigenvalue weighted by molar-refractivity contribution is 0.978. The van der Waals surface area contributed by atoms with Crippen molar-refractivity contribution < 1.29 is 0 Å². The molecule has 0 unspecified atom stereocenters. The quantitative estimate of drug-likeness (QED) is 0.116. The van der Waals surface area contributed by atoms with Gasteiger partial charge in [-0.25, -0.2) is 0 Å². The number of rotatable bonds is 6. The van der Waals surface area contributed by atoms with Gasteiger partial charge in [-0.2, -0.15) is 0 Å². The summed E-state index contributed by atoms with van der Waals surface area (Å²) < 4.78 is 0. The van der Waals surface area contributed by atoms with E-state index in [2.05, 4.69) is 241 Å². The van der Waals surface area contributed by atoms with Gasteiger partial charge in [0.2, 0.25) is 6.71 Å². The number of hydrogen-bond acceptors (Lipinski definition) is 0. The molecule has 0 aliphatic carbocycles. The second-order valence-electron chi connectivity index (χ2n) is 18.9. The van der Waals surface area contributed by atoms with Gasteiger partial charge in [-0.3, -0.25) is 0 Å². The van der Waals surface area contributed by atoms with E-state index in [0.717, 1.165) is 12.8 Å². The van der Waals surface area contributed by atoms with Gasteiger partial charge in [0.05, 0.1) is 0 Å². The lowest BCUT2D eigenvalue weighted by Crippen LogP contribution is -2.58. The molecule has 1 heteroatoms. The summed E-state index contributed by atoms with van der Waals surface area (Å²) >= 11 is 0. The fraction of sp³-hybridized carbons (Fsp3) is 0.238. The molecule has 1 heterocycles. The molecular weight excluding hydrogens is 768 g/mol. The number of fused-ring (bicyclic) bond motifs is 2. The molecule has 64 heavy (non-hydrogen) atoms. The number of aryl methyl sites for hydroxylation is 11. The van der Waals surface area contributed by atoms with E-state index in [9.17, 15) is 0 Å². The monoisotopic (exact) mass is 835 g/mol. The van der Waals surface area contributed by atoms with Crippen molar-refractivity contribution in [3.8, 4) is 0 Å². The zero-order valence-electron chi connectivity index (χ0n) is 40.6. The van der Waals surface area contributed by atoms with E-state index in [1.165, 1.54) is 122 Å². The fourth-order valence-electron chi connectivity index (χ4n) is 10.3. The van der Waals surface area contributed by atoms with E-state index in [1.54, 1.807) is 0 Å². The first kappa shape index (κ1) is 45.8. The molecule has 0 saturated carbocycles. The topological polar surface area (TPSA) is 0 Å². The molecule has 0 bridgehead atoms. The molecule has 0 atom stereocenters. The van der Waals surface area contributed by atoms with E-state index in [-0.39, 0.29) is 12.6 Å². The van der Waals surface area contributed by atoms with Crippen molar-refractivity contribution in [2.24, 2.45) is 0 Å². The maximum atomic E-state index is 2.41. The molecule has 0 radical (unpaired) electrons. The van der Waals surface area contributed by atoms with Gasteiger partial charge >= 0.3 is 0 Å². The molecule has 9 rings (SSSR count). The smallest absolute Gasteiger partial charge is 0.0686 e. The Kier molecular flexibility index (Phi) is 14.4. The standard InChI is InChI=1S/C36H33B.C17H20.C10H14/c1-24-19-26(3)35-31(21-24)23-32-22-25(2)20-27(4)36(32)37(35)33-17-15-30(16-18-33)34(28-11-7-5-8-12-28)29-13-9-6-10-14-29;1-12-5-7-16(8-6-12)11-17-14(3)9-13(2)10-15(17)4;1-7-5-8(2)10(4)9(3)6-7/h5-22,34H,23H2,1-4H3;5-10H,11H2,1-4H3;5-6H,1-4H3. The summed E-state index contributed by atoms with van der Waals surface area (Å²) in [5, 5.41) is 0. The van der Waals surface area contributed by atoms with Crippen molar-refractivity contribution >= 4 is 23.1 Å². The maximum Gasteiger partial charge on any atom is 0.242 e. The van der Waals surface area contributed by atoms with Gasteiger partial charge in [0.25, 0.3) is 0 Å². The van der Waals surface area contributed by atoms with Gasteiger partial charge in [0.15, 0.2) is 0 Å². The molecule has 0 N–H and O–H groups in total. The average Bonchev–Trinajstić information content (AvgIpc) is 3.25. The van der Waals surface area contributed by atoms with Crippen LogP contribution in [0.5, 0.6) is 0 Å². The van der Waals surface area contributed by atoms with Crippen molar-refractivity contribution in [2.75, 3.05) is 0 Å². The Bertz CT molecular complexity index is 2720. The molecule has 1 aliphatic heterocycles.